The Kier molecular flexibility index (Phi) is 2.22. The van der Waals surface area contributed by atoms with E-state index in [2.05, 4.69) is 5.10 Å². The van der Waals surface area contributed by atoms with E-state index in [0.29, 0.717) is 16.8 Å². The van der Waals surface area contributed by atoms with Gasteiger partial charge in [-0.3, -0.25) is 4.68 Å². The standard InChI is InChI=1S/C11H8FN3/c1-15-7-10(12)11(14-15)9-4-2-8(6-13)3-5-9/h2-5,7H,1H3. The Morgan fingerprint density at radius 3 is 2.47 bits per heavy atom. The predicted molar refractivity (Wildman–Crippen MR) is 53.3 cm³/mol. The summed E-state index contributed by atoms with van der Waals surface area (Å²) in [5.41, 5.74) is 1.53. The maximum absolute atomic E-state index is 13.3. The lowest BCUT2D eigenvalue weighted by Gasteiger charge is -1.96. The van der Waals surface area contributed by atoms with Crippen molar-refractivity contribution in [2.75, 3.05) is 0 Å². The molecule has 0 radical (unpaired) electrons. The summed E-state index contributed by atoms with van der Waals surface area (Å²) >= 11 is 0. The van der Waals surface area contributed by atoms with Gasteiger partial charge < -0.3 is 0 Å². The van der Waals surface area contributed by atoms with Crippen molar-refractivity contribution in [3.63, 3.8) is 0 Å². The number of benzene rings is 1. The fourth-order valence-electron chi connectivity index (χ4n) is 1.36. The molecule has 1 aromatic heterocycles. The maximum Gasteiger partial charge on any atom is 0.169 e. The molecule has 0 aliphatic rings. The number of aromatic nitrogens is 2. The predicted octanol–water partition coefficient (Wildman–Crippen LogP) is 2.10. The minimum atomic E-state index is -0.359. The molecule has 0 aliphatic carbocycles. The van der Waals surface area contributed by atoms with Crippen LogP contribution in [0.5, 0.6) is 0 Å². The van der Waals surface area contributed by atoms with Crippen LogP contribution in [0.2, 0.25) is 0 Å². The van der Waals surface area contributed by atoms with Crippen LogP contribution >= 0.6 is 0 Å². The van der Waals surface area contributed by atoms with Gasteiger partial charge in [0, 0.05) is 12.6 Å². The maximum atomic E-state index is 13.3. The van der Waals surface area contributed by atoms with Gasteiger partial charge in [-0.25, -0.2) is 4.39 Å². The van der Waals surface area contributed by atoms with Gasteiger partial charge in [0.25, 0.3) is 0 Å². The third-order valence-corrected chi connectivity index (χ3v) is 2.07. The molecule has 74 valence electrons. The van der Waals surface area contributed by atoms with Gasteiger partial charge in [-0.1, -0.05) is 12.1 Å². The first-order chi connectivity index (χ1) is 7.20. The highest BCUT2D eigenvalue weighted by Crippen LogP contribution is 2.20. The van der Waals surface area contributed by atoms with E-state index in [-0.39, 0.29) is 5.82 Å². The third-order valence-electron chi connectivity index (χ3n) is 2.07. The van der Waals surface area contributed by atoms with Crippen LogP contribution in [0, 0.1) is 17.1 Å². The van der Waals surface area contributed by atoms with Crippen molar-refractivity contribution < 1.29 is 4.39 Å². The lowest BCUT2D eigenvalue weighted by molar-refractivity contribution is 0.627. The molecule has 3 nitrogen and oxygen atoms in total. The van der Waals surface area contributed by atoms with E-state index >= 15 is 0 Å². The van der Waals surface area contributed by atoms with Crippen LogP contribution in [0.1, 0.15) is 5.56 Å². The summed E-state index contributed by atoms with van der Waals surface area (Å²) in [6, 6.07) is 8.66. The molecule has 4 heteroatoms. The highest BCUT2D eigenvalue weighted by molar-refractivity contribution is 5.60. The lowest BCUT2D eigenvalue weighted by Crippen LogP contribution is -1.88. The van der Waals surface area contributed by atoms with Crippen LogP contribution < -0.4 is 0 Å². The van der Waals surface area contributed by atoms with Gasteiger partial charge in [-0.05, 0) is 12.1 Å². The van der Waals surface area contributed by atoms with Crippen molar-refractivity contribution in [3.05, 3.63) is 41.8 Å². The van der Waals surface area contributed by atoms with Gasteiger partial charge in [0.15, 0.2) is 5.82 Å². The molecule has 0 amide bonds. The van der Waals surface area contributed by atoms with Gasteiger partial charge in [0.1, 0.15) is 5.69 Å². The van der Waals surface area contributed by atoms with Crippen molar-refractivity contribution in [2.45, 2.75) is 0 Å². The Balaban J connectivity index is 2.46. The van der Waals surface area contributed by atoms with Crippen molar-refractivity contribution in [2.24, 2.45) is 7.05 Å². The third kappa shape index (κ3) is 1.72. The second kappa shape index (κ2) is 3.54. The summed E-state index contributed by atoms with van der Waals surface area (Å²) in [6.07, 6.45) is 1.31. The monoisotopic (exact) mass is 201 g/mol. The molecule has 0 saturated heterocycles. The molecule has 2 rings (SSSR count). The van der Waals surface area contributed by atoms with Gasteiger partial charge in [-0.2, -0.15) is 10.4 Å². The molecule has 15 heavy (non-hydrogen) atoms. The molecule has 0 spiro atoms. The first-order valence-corrected chi connectivity index (χ1v) is 4.40. The first kappa shape index (κ1) is 9.41. The number of aryl methyl sites for hydroxylation is 1. The highest BCUT2D eigenvalue weighted by atomic mass is 19.1. The molecule has 1 aromatic carbocycles. The second-order valence-electron chi connectivity index (χ2n) is 3.19. The quantitative estimate of drug-likeness (QED) is 0.709. The van der Waals surface area contributed by atoms with E-state index in [1.54, 1.807) is 31.3 Å². The van der Waals surface area contributed by atoms with E-state index in [0.717, 1.165) is 0 Å². The fourth-order valence-corrected chi connectivity index (χ4v) is 1.36. The molecule has 1 heterocycles. The molecule has 2 aromatic rings. The molecule has 0 unspecified atom stereocenters. The van der Waals surface area contributed by atoms with Crippen molar-refractivity contribution >= 4 is 0 Å². The van der Waals surface area contributed by atoms with E-state index in [4.69, 9.17) is 5.26 Å². The molecule has 0 saturated carbocycles. The Labute approximate surface area is 86.4 Å². The van der Waals surface area contributed by atoms with Gasteiger partial charge in [0.2, 0.25) is 0 Å². The zero-order chi connectivity index (χ0) is 10.8. The average Bonchev–Trinajstić information content (AvgIpc) is 2.58. The average molecular weight is 201 g/mol. The van der Waals surface area contributed by atoms with Crippen LogP contribution in [0.15, 0.2) is 30.5 Å². The molecular weight excluding hydrogens is 193 g/mol. The van der Waals surface area contributed by atoms with Gasteiger partial charge in [0.05, 0.1) is 17.8 Å². The van der Waals surface area contributed by atoms with Crippen LogP contribution in [-0.2, 0) is 7.05 Å². The van der Waals surface area contributed by atoms with E-state index in [1.807, 2.05) is 6.07 Å². The number of hydrogen-bond donors (Lipinski definition) is 0. The second-order valence-corrected chi connectivity index (χ2v) is 3.19. The van der Waals surface area contributed by atoms with E-state index in [9.17, 15) is 4.39 Å². The number of hydrogen-bond acceptors (Lipinski definition) is 2. The molecule has 0 bridgehead atoms. The van der Waals surface area contributed by atoms with Gasteiger partial charge >= 0.3 is 0 Å². The minimum absolute atomic E-state index is 0.307. The molecule has 0 atom stereocenters. The summed E-state index contributed by atoms with van der Waals surface area (Å²) in [4.78, 5) is 0. The Hall–Kier alpha value is -2.15. The summed E-state index contributed by atoms with van der Waals surface area (Å²) in [7, 11) is 1.66. The Bertz CT molecular complexity index is 520. The van der Waals surface area contributed by atoms with Crippen molar-refractivity contribution in [1.29, 1.82) is 5.26 Å². The van der Waals surface area contributed by atoms with Crippen molar-refractivity contribution in [3.8, 4) is 17.3 Å². The lowest BCUT2D eigenvalue weighted by atomic mass is 10.1. The molecule has 0 N–H and O–H groups in total. The van der Waals surface area contributed by atoms with E-state index < -0.39 is 0 Å². The summed E-state index contributed by atoms with van der Waals surface area (Å²) in [6.45, 7) is 0. The van der Waals surface area contributed by atoms with Crippen LogP contribution in [0.4, 0.5) is 4.39 Å². The zero-order valence-electron chi connectivity index (χ0n) is 8.11. The minimum Gasteiger partial charge on any atom is -0.272 e. The summed E-state index contributed by atoms with van der Waals surface area (Å²) in [5.74, 6) is -0.359. The topological polar surface area (TPSA) is 41.6 Å². The van der Waals surface area contributed by atoms with Gasteiger partial charge in [-0.15, -0.1) is 0 Å². The molecular formula is C11H8FN3. The number of nitrogens with zero attached hydrogens (tertiary/aromatic N) is 3. The highest BCUT2D eigenvalue weighted by Gasteiger charge is 2.08. The number of rotatable bonds is 1. The Morgan fingerprint density at radius 1 is 1.33 bits per heavy atom. The first-order valence-electron chi connectivity index (χ1n) is 4.40. The fraction of sp³-hybridized carbons (Fsp3) is 0.0909. The Morgan fingerprint density at radius 2 is 2.00 bits per heavy atom. The van der Waals surface area contributed by atoms with Crippen LogP contribution in [-0.4, -0.2) is 9.78 Å². The molecule has 0 fully saturated rings. The summed E-state index contributed by atoms with van der Waals surface area (Å²) < 4.78 is 14.7. The number of halogens is 1. The zero-order valence-corrected chi connectivity index (χ0v) is 8.11. The summed E-state index contributed by atoms with van der Waals surface area (Å²) in [5, 5.41) is 12.6. The van der Waals surface area contributed by atoms with E-state index in [1.165, 1.54) is 10.9 Å². The normalized spacial score (nSPS) is 9.93. The number of nitriles is 1. The van der Waals surface area contributed by atoms with Crippen LogP contribution in [0.25, 0.3) is 11.3 Å². The SMILES string of the molecule is Cn1cc(F)c(-c2ccc(C#N)cc2)n1. The molecule has 0 aliphatic heterocycles. The smallest absolute Gasteiger partial charge is 0.169 e. The van der Waals surface area contributed by atoms with Crippen molar-refractivity contribution in [1.82, 2.24) is 9.78 Å². The van der Waals surface area contributed by atoms with Crippen LogP contribution in [0.3, 0.4) is 0 Å². The largest absolute Gasteiger partial charge is 0.272 e.